The summed E-state index contributed by atoms with van der Waals surface area (Å²) in [6.07, 6.45) is 7.81. The first-order chi connectivity index (χ1) is 26.6. The number of imidazole rings is 2. The van der Waals surface area contributed by atoms with Gasteiger partial charge in [-0.1, -0.05) is 62.4 Å². The molecule has 4 atom stereocenters. The molecule has 0 spiro atoms. The number of primary amides is 1. The number of aromatic amines is 2. The highest BCUT2D eigenvalue weighted by atomic mass is 16.6. The van der Waals surface area contributed by atoms with Crippen molar-refractivity contribution in [3.8, 4) is 33.6 Å². The summed E-state index contributed by atoms with van der Waals surface area (Å²) in [5, 5.41) is 6.56. The van der Waals surface area contributed by atoms with Crippen LogP contribution in [0.1, 0.15) is 83.0 Å². The van der Waals surface area contributed by atoms with E-state index in [0.717, 1.165) is 96.9 Å². The molecule has 3 amide bonds. The number of hydrogen-bond donors (Lipinski definition) is 5. The molecule has 5 heterocycles. The Hall–Kier alpha value is -5.66. The number of nitrogens with one attached hydrogen (secondary N) is 4. The largest absolute Gasteiger partial charge is 0.433 e. The smallest absolute Gasteiger partial charge is 0.405 e. The summed E-state index contributed by atoms with van der Waals surface area (Å²) in [4.78, 5) is 63.8. The highest BCUT2D eigenvalue weighted by Crippen LogP contribution is 2.45. The first kappa shape index (κ1) is 36.3. The molecule has 14 heteroatoms. The van der Waals surface area contributed by atoms with Gasteiger partial charge in [0, 0.05) is 25.6 Å². The van der Waals surface area contributed by atoms with E-state index in [-0.39, 0.29) is 41.8 Å². The van der Waals surface area contributed by atoms with E-state index < -0.39 is 11.7 Å². The lowest BCUT2D eigenvalue weighted by Gasteiger charge is -2.34. The number of aliphatic imine (C=N–C) groups is 1. The van der Waals surface area contributed by atoms with Crippen LogP contribution in [-0.4, -0.2) is 91.4 Å². The molecule has 55 heavy (non-hydrogen) atoms. The summed E-state index contributed by atoms with van der Waals surface area (Å²) in [5.74, 6) is 2.19. The number of nitrogens with two attached hydrogens (primary N) is 1. The maximum absolute atomic E-state index is 13.8. The monoisotopic (exact) mass is 746 g/mol. The van der Waals surface area contributed by atoms with E-state index in [1.807, 2.05) is 17.3 Å². The van der Waals surface area contributed by atoms with Crippen LogP contribution in [-0.2, 0) is 14.3 Å². The van der Waals surface area contributed by atoms with Crippen LogP contribution in [0.4, 0.5) is 4.79 Å². The highest BCUT2D eigenvalue weighted by Gasteiger charge is 2.54. The number of carbonyl (C=O) groups excluding carboxylic acids is 3. The van der Waals surface area contributed by atoms with Gasteiger partial charge in [-0.15, -0.1) is 0 Å². The first-order valence-electron chi connectivity index (χ1n) is 19.5. The minimum atomic E-state index is -1.25. The van der Waals surface area contributed by atoms with Gasteiger partial charge in [-0.2, -0.15) is 0 Å². The lowest BCUT2D eigenvalue weighted by molar-refractivity contribution is -0.153. The number of likely N-dealkylation sites (tertiary alicyclic amines) is 2. The third-order valence-electron chi connectivity index (χ3n) is 11.6. The standard InChI is InChI=1S/C41H50N10O4/c1-24(2)34(49-40-43-18-19-44-40)37(52)50-20-4-6-32(50)35-45-22-30(47-35)27-12-8-25(9-13-27)26-10-14-28(15-11-26)31-23-46-36(48-31)33-7-5-21-51(33)38(53)41(3,29-16-17-29)55-39(42)54/h8-15,22-24,29,32-34H,4-7,16-21H2,1-3H3,(H2,42,54)(H,45,47)(H,46,48)(H2,43,44,49)/t32?,33-,34+,41-/m0/s1. The fourth-order valence-corrected chi connectivity index (χ4v) is 8.36. The molecule has 6 N–H and O–H groups in total. The fourth-order valence-electron chi connectivity index (χ4n) is 8.36. The fraction of sp³-hybridized carbons (Fsp3) is 0.463. The van der Waals surface area contributed by atoms with Crippen molar-refractivity contribution in [3.63, 3.8) is 0 Å². The topological polar surface area (TPSA) is 187 Å². The molecule has 0 bridgehead atoms. The molecule has 0 radical (unpaired) electrons. The first-order valence-corrected chi connectivity index (χ1v) is 19.5. The van der Waals surface area contributed by atoms with Crippen LogP contribution in [0.5, 0.6) is 0 Å². The molecule has 14 nitrogen and oxygen atoms in total. The number of carbonyl (C=O) groups is 3. The summed E-state index contributed by atoms with van der Waals surface area (Å²) in [7, 11) is 0. The van der Waals surface area contributed by atoms with Crippen molar-refractivity contribution in [2.45, 2.75) is 83.0 Å². The minimum absolute atomic E-state index is 0.0121. The summed E-state index contributed by atoms with van der Waals surface area (Å²) >= 11 is 0. The Labute approximate surface area is 320 Å². The minimum Gasteiger partial charge on any atom is -0.433 e. The number of benzene rings is 2. The number of hydrogen-bond acceptors (Lipinski definition) is 9. The third kappa shape index (κ3) is 7.29. The molecule has 2 saturated heterocycles. The van der Waals surface area contributed by atoms with Gasteiger partial charge >= 0.3 is 6.09 Å². The Morgan fingerprint density at radius 1 is 0.818 bits per heavy atom. The number of guanidine groups is 1. The molecular formula is C41H50N10O4. The zero-order valence-corrected chi connectivity index (χ0v) is 31.7. The van der Waals surface area contributed by atoms with Crippen LogP contribution in [0.25, 0.3) is 33.6 Å². The van der Waals surface area contributed by atoms with E-state index in [2.05, 4.69) is 93.0 Å². The Kier molecular flexibility index (Phi) is 9.82. The zero-order valence-electron chi connectivity index (χ0n) is 31.7. The third-order valence-corrected chi connectivity index (χ3v) is 11.6. The molecule has 1 unspecified atom stereocenters. The van der Waals surface area contributed by atoms with Gasteiger partial charge in [-0.25, -0.2) is 14.8 Å². The van der Waals surface area contributed by atoms with Gasteiger partial charge in [0.1, 0.15) is 17.7 Å². The second-order valence-electron chi connectivity index (χ2n) is 15.7. The summed E-state index contributed by atoms with van der Waals surface area (Å²) in [6, 6.07) is 16.0. The van der Waals surface area contributed by atoms with Crippen molar-refractivity contribution >= 4 is 23.9 Å². The van der Waals surface area contributed by atoms with Crippen molar-refractivity contribution < 1.29 is 19.1 Å². The van der Waals surface area contributed by atoms with Crippen LogP contribution in [0.2, 0.25) is 0 Å². The normalized spacial score (nSPS) is 21.3. The van der Waals surface area contributed by atoms with Gasteiger partial charge in [0.15, 0.2) is 11.6 Å². The molecule has 1 aliphatic carbocycles. The van der Waals surface area contributed by atoms with E-state index in [9.17, 15) is 14.4 Å². The van der Waals surface area contributed by atoms with E-state index in [0.29, 0.717) is 19.0 Å². The number of ether oxygens (including phenoxy) is 1. The Bertz CT molecular complexity index is 2070. The Morgan fingerprint density at radius 3 is 1.84 bits per heavy atom. The predicted molar refractivity (Wildman–Crippen MR) is 208 cm³/mol. The van der Waals surface area contributed by atoms with Crippen LogP contribution in [0, 0.1) is 11.8 Å². The Morgan fingerprint density at radius 2 is 1.35 bits per heavy atom. The molecule has 4 aromatic rings. The van der Waals surface area contributed by atoms with Crippen LogP contribution in [0.3, 0.4) is 0 Å². The van der Waals surface area contributed by atoms with Crippen LogP contribution in [0.15, 0.2) is 65.9 Å². The van der Waals surface area contributed by atoms with Gasteiger partial charge in [0.25, 0.3) is 5.91 Å². The summed E-state index contributed by atoms with van der Waals surface area (Å²) < 4.78 is 5.43. The zero-order chi connectivity index (χ0) is 38.3. The van der Waals surface area contributed by atoms with Gasteiger partial charge in [-0.3, -0.25) is 14.6 Å². The lowest BCUT2D eigenvalue weighted by Crippen LogP contribution is -2.53. The second-order valence-corrected chi connectivity index (χ2v) is 15.7. The molecule has 8 rings (SSSR count). The van der Waals surface area contributed by atoms with Crippen molar-refractivity contribution in [1.29, 1.82) is 0 Å². The number of rotatable bonds is 11. The van der Waals surface area contributed by atoms with Gasteiger partial charge in [0.05, 0.1) is 42.4 Å². The molecular weight excluding hydrogens is 697 g/mol. The average Bonchev–Trinajstić information content (AvgIpc) is 3.81. The van der Waals surface area contributed by atoms with Crippen molar-refractivity contribution in [1.82, 2.24) is 40.4 Å². The van der Waals surface area contributed by atoms with Gasteiger partial charge in [0.2, 0.25) is 5.91 Å². The number of H-pyrrole nitrogens is 2. The molecule has 288 valence electrons. The number of amides is 3. The maximum atomic E-state index is 13.8. The van der Waals surface area contributed by atoms with E-state index in [1.54, 1.807) is 11.8 Å². The molecule has 3 aliphatic heterocycles. The van der Waals surface area contributed by atoms with E-state index in [1.165, 1.54) is 0 Å². The quantitative estimate of drug-likeness (QED) is 0.137. The maximum Gasteiger partial charge on any atom is 0.405 e. The van der Waals surface area contributed by atoms with Crippen molar-refractivity contribution in [3.05, 3.63) is 72.6 Å². The number of nitrogens with zero attached hydrogens (tertiary/aromatic N) is 5. The SMILES string of the molecule is CC(C)[C@@H](NC1=NCCN1)C(=O)N1CCCC1c1ncc(-c2ccc(-c3ccc(-c4cnc([C@@H]5CCCN5C(=O)[C@@](C)(OC(N)=O)C5CC5)[nH]4)cc3)cc2)[nH]1. The summed E-state index contributed by atoms with van der Waals surface area (Å²) in [5.41, 5.74) is 10.1. The second kappa shape index (κ2) is 14.9. The predicted octanol–water partition coefficient (Wildman–Crippen LogP) is 5.30. The van der Waals surface area contributed by atoms with Gasteiger partial charge in [-0.05, 0) is 73.6 Å². The molecule has 1 saturated carbocycles. The molecule has 2 aromatic carbocycles. The molecule has 2 aromatic heterocycles. The van der Waals surface area contributed by atoms with Crippen LogP contribution >= 0.6 is 0 Å². The summed E-state index contributed by atoms with van der Waals surface area (Å²) in [6.45, 7) is 8.58. The van der Waals surface area contributed by atoms with Crippen LogP contribution < -0.4 is 16.4 Å². The number of aromatic nitrogens is 4. The molecule has 3 fully saturated rings. The van der Waals surface area contributed by atoms with E-state index >= 15 is 0 Å². The van der Waals surface area contributed by atoms with Crippen molar-refractivity contribution in [2.75, 3.05) is 26.2 Å². The molecule has 4 aliphatic rings. The van der Waals surface area contributed by atoms with Crippen molar-refractivity contribution in [2.24, 2.45) is 22.6 Å². The lowest BCUT2D eigenvalue weighted by atomic mass is 9.97. The average molecular weight is 747 g/mol. The van der Waals surface area contributed by atoms with Gasteiger partial charge < -0.3 is 40.9 Å². The van der Waals surface area contributed by atoms with E-state index in [4.69, 9.17) is 15.5 Å². The Balaban J connectivity index is 0.918. The highest BCUT2D eigenvalue weighted by molar-refractivity contribution is 5.90.